The van der Waals surface area contributed by atoms with Gasteiger partial charge in [0.05, 0.1) is 0 Å². The second kappa shape index (κ2) is 6.07. The number of nitriles is 1. The third-order valence-corrected chi connectivity index (χ3v) is 2.93. The average Bonchev–Trinajstić information content (AvgIpc) is 2.45. The normalized spacial score (nSPS) is 9.90. The molecule has 0 aromatic heterocycles. The predicted molar refractivity (Wildman–Crippen MR) is 76.2 cm³/mol. The standard InChI is InChI=1S/C16H15FN2O/c1-19(2)13-8-6-12(7-9-13)11-20-16-5-3-4-15(17)14(16)10-18/h3-9H,11H2,1-2H3. The second-order valence-electron chi connectivity index (χ2n) is 4.57. The van der Waals surface area contributed by atoms with Gasteiger partial charge in [0.2, 0.25) is 0 Å². The molecule has 2 aromatic rings. The van der Waals surface area contributed by atoms with Crippen molar-refractivity contribution in [2.75, 3.05) is 19.0 Å². The van der Waals surface area contributed by atoms with Crippen LogP contribution in [0.4, 0.5) is 10.1 Å². The third kappa shape index (κ3) is 3.07. The number of ether oxygens (including phenoxy) is 1. The van der Waals surface area contributed by atoms with Gasteiger partial charge in [0, 0.05) is 19.8 Å². The third-order valence-electron chi connectivity index (χ3n) is 2.93. The van der Waals surface area contributed by atoms with Crippen LogP contribution in [0.25, 0.3) is 0 Å². The Bertz CT molecular complexity index is 630. The van der Waals surface area contributed by atoms with Crippen molar-refractivity contribution in [3.05, 3.63) is 59.4 Å². The van der Waals surface area contributed by atoms with Gasteiger partial charge in [-0.25, -0.2) is 4.39 Å². The second-order valence-corrected chi connectivity index (χ2v) is 4.57. The lowest BCUT2D eigenvalue weighted by atomic mass is 10.2. The summed E-state index contributed by atoms with van der Waals surface area (Å²) in [4.78, 5) is 2.00. The zero-order valence-corrected chi connectivity index (χ0v) is 11.4. The Kier molecular flexibility index (Phi) is 4.21. The van der Waals surface area contributed by atoms with E-state index < -0.39 is 5.82 Å². The Morgan fingerprint density at radius 3 is 2.45 bits per heavy atom. The van der Waals surface area contributed by atoms with E-state index in [4.69, 9.17) is 10.00 Å². The number of anilines is 1. The van der Waals surface area contributed by atoms with Gasteiger partial charge >= 0.3 is 0 Å². The molecule has 0 aliphatic heterocycles. The average molecular weight is 270 g/mol. The van der Waals surface area contributed by atoms with Crippen molar-refractivity contribution in [1.82, 2.24) is 0 Å². The molecule has 0 bridgehead atoms. The van der Waals surface area contributed by atoms with Crippen molar-refractivity contribution in [2.24, 2.45) is 0 Å². The van der Waals surface area contributed by atoms with E-state index in [1.165, 1.54) is 12.1 Å². The monoisotopic (exact) mass is 270 g/mol. The number of benzene rings is 2. The molecule has 2 rings (SSSR count). The lowest BCUT2D eigenvalue weighted by Crippen LogP contribution is -2.08. The van der Waals surface area contributed by atoms with E-state index in [-0.39, 0.29) is 11.3 Å². The van der Waals surface area contributed by atoms with Crippen molar-refractivity contribution < 1.29 is 9.13 Å². The Balaban J connectivity index is 2.09. The fourth-order valence-corrected chi connectivity index (χ4v) is 1.78. The van der Waals surface area contributed by atoms with Gasteiger partial charge in [-0.15, -0.1) is 0 Å². The molecule has 4 heteroatoms. The van der Waals surface area contributed by atoms with E-state index in [9.17, 15) is 4.39 Å². The molecule has 0 radical (unpaired) electrons. The summed E-state index contributed by atoms with van der Waals surface area (Å²) in [7, 11) is 3.94. The molecule has 0 aliphatic rings. The van der Waals surface area contributed by atoms with Crippen LogP contribution in [0.5, 0.6) is 5.75 Å². The molecular formula is C16H15FN2O. The zero-order chi connectivity index (χ0) is 14.5. The largest absolute Gasteiger partial charge is 0.487 e. The first kappa shape index (κ1) is 13.9. The topological polar surface area (TPSA) is 36.3 Å². The van der Waals surface area contributed by atoms with Crippen LogP contribution in [0.2, 0.25) is 0 Å². The minimum absolute atomic E-state index is 0.0580. The molecule has 20 heavy (non-hydrogen) atoms. The molecular weight excluding hydrogens is 255 g/mol. The Hall–Kier alpha value is -2.54. The summed E-state index contributed by atoms with van der Waals surface area (Å²) < 4.78 is 18.9. The van der Waals surface area contributed by atoms with E-state index >= 15 is 0 Å². The highest BCUT2D eigenvalue weighted by atomic mass is 19.1. The van der Waals surface area contributed by atoms with E-state index in [0.29, 0.717) is 6.61 Å². The van der Waals surface area contributed by atoms with E-state index in [2.05, 4.69) is 0 Å². The Labute approximate surface area is 117 Å². The molecule has 102 valence electrons. The first-order valence-corrected chi connectivity index (χ1v) is 6.19. The van der Waals surface area contributed by atoms with Crippen LogP contribution in [-0.4, -0.2) is 14.1 Å². The van der Waals surface area contributed by atoms with Gasteiger partial charge in [-0.1, -0.05) is 18.2 Å². The van der Waals surface area contributed by atoms with Crippen LogP contribution in [-0.2, 0) is 6.61 Å². The fraction of sp³-hybridized carbons (Fsp3) is 0.188. The number of halogens is 1. The summed E-state index contributed by atoms with van der Waals surface area (Å²) in [5.41, 5.74) is 2.00. The number of hydrogen-bond donors (Lipinski definition) is 0. The zero-order valence-electron chi connectivity index (χ0n) is 11.4. The smallest absolute Gasteiger partial charge is 0.144 e. The van der Waals surface area contributed by atoms with Gasteiger partial charge in [-0.2, -0.15) is 5.26 Å². The summed E-state index contributed by atoms with van der Waals surface area (Å²) in [6, 6.07) is 14.0. The minimum atomic E-state index is -0.562. The van der Waals surface area contributed by atoms with Gasteiger partial charge < -0.3 is 9.64 Å². The van der Waals surface area contributed by atoms with Gasteiger partial charge in [-0.05, 0) is 29.8 Å². The highest BCUT2D eigenvalue weighted by Crippen LogP contribution is 2.22. The molecule has 0 fully saturated rings. The molecule has 0 unspecified atom stereocenters. The SMILES string of the molecule is CN(C)c1ccc(COc2cccc(F)c2C#N)cc1. The summed E-state index contributed by atoms with van der Waals surface area (Å²) in [5.74, 6) is -0.294. The summed E-state index contributed by atoms with van der Waals surface area (Å²) in [5, 5.41) is 8.92. The van der Waals surface area contributed by atoms with E-state index in [0.717, 1.165) is 11.3 Å². The summed E-state index contributed by atoms with van der Waals surface area (Å²) >= 11 is 0. The van der Waals surface area contributed by atoms with Crippen molar-refractivity contribution >= 4 is 5.69 Å². The predicted octanol–water partition coefficient (Wildman–Crippen LogP) is 3.34. The quantitative estimate of drug-likeness (QED) is 0.855. The number of hydrogen-bond acceptors (Lipinski definition) is 3. The van der Waals surface area contributed by atoms with Gasteiger partial charge in [0.1, 0.15) is 29.8 Å². The maximum Gasteiger partial charge on any atom is 0.144 e. The molecule has 0 aliphatic carbocycles. The first-order valence-electron chi connectivity index (χ1n) is 6.19. The van der Waals surface area contributed by atoms with Crippen LogP contribution in [0, 0.1) is 17.1 Å². The van der Waals surface area contributed by atoms with Crippen LogP contribution >= 0.6 is 0 Å². The highest BCUT2D eigenvalue weighted by molar-refractivity contribution is 5.46. The van der Waals surface area contributed by atoms with E-state index in [1.54, 1.807) is 6.07 Å². The molecule has 2 aromatic carbocycles. The highest BCUT2D eigenvalue weighted by Gasteiger charge is 2.08. The first-order chi connectivity index (χ1) is 9.61. The van der Waals surface area contributed by atoms with Crippen LogP contribution in [0.1, 0.15) is 11.1 Å². The molecule has 0 atom stereocenters. The lowest BCUT2D eigenvalue weighted by Gasteiger charge is -2.13. The van der Waals surface area contributed by atoms with Crippen LogP contribution in [0.3, 0.4) is 0 Å². The van der Waals surface area contributed by atoms with Crippen molar-refractivity contribution in [3.8, 4) is 11.8 Å². The van der Waals surface area contributed by atoms with Crippen LogP contribution < -0.4 is 9.64 Å². The van der Waals surface area contributed by atoms with Crippen LogP contribution in [0.15, 0.2) is 42.5 Å². The number of rotatable bonds is 4. The molecule has 0 saturated carbocycles. The van der Waals surface area contributed by atoms with Gasteiger partial charge in [-0.3, -0.25) is 0 Å². The molecule has 0 N–H and O–H groups in total. The maximum atomic E-state index is 13.4. The van der Waals surface area contributed by atoms with E-state index in [1.807, 2.05) is 49.3 Å². The number of nitrogens with zero attached hydrogens (tertiary/aromatic N) is 2. The fourth-order valence-electron chi connectivity index (χ4n) is 1.78. The van der Waals surface area contributed by atoms with Gasteiger partial charge in [0.25, 0.3) is 0 Å². The Morgan fingerprint density at radius 1 is 1.15 bits per heavy atom. The molecule has 0 heterocycles. The van der Waals surface area contributed by atoms with Crippen molar-refractivity contribution in [1.29, 1.82) is 5.26 Å². The molecule has 0 spiro atoms. The minimum Gasteiger partial charge on any atom is -0.487 e. The van der Waals surface area contributed by atoms with Crippen molar-refractivity contribution in [2.45, 2.75) is 6.61 Å². The molecule has 0 amide bonds. The van der Waals surface area contributed by atoms with Gasteiger partial charge in [0.15, 0.2) is 0 Å². The Morgan fingerprint density at radius 2 is 1.85 bits per heavy atom. The summed E-state index contributed by atoms with van der Waals surface area (Å²) in [6.45, 7) is 0.297. The molecule has 0 saturated heterocycles. The molecule has 3 nitrogen and oxygen atoms in total. The maximum absolute atomic E-state index is 13.4. The lowest BCUT2D eigenvalue weighted by molar-refractivity contribution is 0.303. The van der Waals surface area contributed by atoms with Crippen molar-refractivity contribution in [3.63, 3.8) is 0 Å². The summed E-state index contributed by atoms with van der Waals surface area (Å²) in [6.07, 6.45) is 0.